The Morgan fingerprint density at radius 2 is 1.83 bits per heavy atom. The van der Waals surface area contributed by atoms with Crippen molar-refractivity contribution in [2.75, 3.05) is 6.54 Å². The molecule has 0 radical (unpaired) electrons. The zero-order valence-corrected chi connectivity index (χ0v) is 14.8. The fraction of sp³-hybridized carbons (Fsp3) is 0.842. The van der Waals surface area contributed by atoms with Gasteiger partial charge < -0.3 is 0 Å². The van der Waals surface area contributed by atoms with E-state index in [0.29, 0.717) is 37.0 Å². The third-order valence-corrected chi connectivity index (χ3v) is 5.80. The minimum Gasteiger partial charge on any atom is -0.299 e. The van der Waals surface area contributed by atoms with Crippen LogP contribution in [0.2, 0.25) is 0 Å². The number of carbonyl (C=O) groups excluding carboxylic acids is 3. The van der Waals surface area contributed by atoms with E-state index in [2.05, 4.69) is 13.8 Å². The van der Waals surface area contributed by atoms with Crippen LogP contribution in [-0.2, 0) is 14.4 Å². The van der Waals surface area contributed by atoms with Gasteiger partial charge in [0.05, 0.1) is 0 Å². The van der Waals surface area contributed by atoms with Gasteiger partial charge in [0, 0.05) is 31.2 Å². The highest BCUT2D eigenvalue weighted by atomic mass is 16.2. The lowest BCUT2D eigenvalue weighted by Crippen LogP contribution is -2.37. The zero-order chi connectivity index (χ0) is 17.0. The third-order valence-electron chi connectivity index (χ3n) is 5.80. The molecule has 23 heavy (non-hydrogen) atoms. The van der Waals surface area contributed by atoms with Crippen molar-refractivity contribution in [3.8, 4) is 0 Å². The lowest BCUT2D eigenvalue weighted by atomic mass is 9.79. The van der Waals surface area contributed by atoms with Crippen LogP contribution in [-0.4, -0.2) is 29.0 Å². The Bertz CT molecular complexity index is 452. The summed E-state index contributed by atoms with van der Waals surface area (Å²) in [4.78, 5) is 38.1. The number of nitrogens with zero attached hydrogens (tertiary/aromatic N) is 1. The van der Waals surface area contributed by atoms with Crippen LogP contribution in [0.4, 0.5) is 0 Å². The zero-order valence-electron chi connectivity index (χ0n) is 14.8. The first-order valence-electron chi connectivity index (χ1n) is 9.34. The number of rotatable bonds is 7. The van der Waals surface area contributed by atoms with Crippen LogP contribution in [0.1, 0.15) is 72.1 Å². The number of hydrogen-bond acceptors (Lipinski definition) is 3. The highest BCUT2D eigenvalue weighted by Gasteiger charge is 2.42. The summed E-state index contributed by atoms with van der Waals surface area (Å²) in [5.74, 6) is 1.19. The van der Waals surface area contributed by atoms with Crippen LogP contribution in [0.25, 0.3) is 0 Å². The molecular formula is C19H31NO3. The summed E-state index contributed by atoms with van der Waals surface area (Å²) >= 11 is 0. The summed E-state index contributed by atoms with van der Waals surface area (Å²) in [5, 5.41) is 0. The number of ketones is 1. The topological polar surface area (TPSA) is 54.5 Å². The van der Waals surface area contributed by atoms with Crippen molar-refractivity contribution in [1.29, 1.82) is 0 Å². The predicted molar refractivity (Wildman–Crippen MR) is 89.6 cm³/mol. The summed E-state index contributed by atoms with van der Waals surface area (Å²) in [6.07, 6.45) is 6.83. The molecule has 2 atom stereocenters. The van der Waals surface area contributed by atoms with Crippen LogP contribution in [0.5, 0.6) is 0 Å². The fourth-order valence-corrected chi connectivity index (χ4v) is 4.22. The molecule has 130 valence electrons. The van der Waals surface area contributed by atoms with E-state index in [9.17, 15) is 14.4 Å². The highest BCUT2D eigenvalue weighted by molar-refractivity contribution is 6.03. The highest BCUT2D eigenvalue weighted by Crippen LogP contribution is 2.34. The van der Waals surface area contributed by atoms with E-state index in [1.54, 1.807) is 0 Å². The second-order valence-corrected chi connectivity index (χ2v) is 7.46. The Hall–Kier alpha value is -1.19. The Kier molecular flexibility index (Phi) is 6.37. The first-order valence-corrected chi connectivity index (χ1v) is 9.34. The summed E-state index contributed by atoms with van der Waals surface area (Å²) < 4.78 is 0. The average Bonchev–Trinajstić information content (AvgIpc) is 2.83. The molecule has 1 saturated carbocycles. The minimum absolute atomic E-state index is 0.00899. The van der Waals surface area contributed by atoms with Gasteiger partial charge in [0.1, 0.15) is 5.78 Å². The van der Waals surface area contributed by atoms with Gasteiger partial charge in [-0.1, -0.05) is 33.6 Å². The van der Waals surface area contributed by atoms with Gasteiger partial charge >= 0.3 is 0 Å². The number of likely N-dealkylation sites (tertiary alicyclic amines) is 1. The number of Topliss-reactive ketones (excluding diaryl/α,β-unsaturated/α-hetero) is 1. The maximum absolute atomic E-state index is 12.6. The molecule has 2 fully saturated rings. The number of hydrogen-bond donors (Lipinski definition) is 0. The molecular weight excluding hydrogens is 290 g/mol. The largest absolute Gasteiger partial charge is 0.299 e. The summed E-state index contributed by atoms with van der Waals surface area (Å²) in [5.41, 5.74) is 0. The van der Waals surface area contributed by atoms with E-state index >= 15 is 0 Å². The van der Waals surface area contributed by atoms with Gasteiger partial charge in [-0.25, -0.2) is 0 Å². The Labute approximate surface area is 140 Å². The molecule has 1 heterocycles. The predicted octanol–water partition coefficient (Wildman–Crippen LogP) is 3.58. The van der Waals surface area contributed by atoms with Gasteiger partial charge in [-0.05, 0) is 37.5 Å². The van der Waals surface area contributed by atoms with Gasteiger partial charge in [-0.15, -0.1) is 0 Å². The van der Waals surface area contributed by atoms with Gasteiger partial charge in [0.2, 0.25) is 11.8 Å². The first-order chi connectivity index (χ1) is 11.0. The van der Waals surface area contributed by atoms with Gasteiger partial charge in [0.15, 0.2) is 0 Å². The van der Waals surface area contributed by atoms with Crippen molar-refractivity contribution in [2.45, 2.75) is 72.1 Å². The summed E-state index contributed by atoms with van der Waals surface area (Å²) in [6.45, 7) is 6.70. The lowest BCUT2D eigenvalue weighted by molar-refractivity contribution is -0.141. The number of amides is 2. The molecule has 2 unspecified atom stereocenters. The molecule has 0 spiro atoms. The smallest absolute Gasteiger partial charge is 0.233 e. The van der Waals surface area contributed by atoms with E-state index in [0.717, 1.165) is 38.5 Å². The number of imide groups is 1. The van der Waals surface area contributed by atoms with Crippen LogP contribution in [0.3, 0.4) is 0 Å². The van der Waals surface area contributed by atoms with Crippen LogP contribution in [0, 0.1) is 23.7 Å². The van der Waals surface area contributed by atoms with E-state index in [1.807, 2.05) is 6.92 Å². The minimum atomic E-state index is -0.111. The quantitative estimate of drug-likeness (QED) is 0.673. The van der Waals surface area contributed by atoms with Crippen molar-refractivity contribution in [2.24, 2.45) is 23.7 Å². The molecule has 4 nitrogen and oxygen atoms in total. The van der Waals surface area contributed by atoms with E-state index < -0.39 is 0 Å². The van der Waals surface area contributed by atoms with Crippen molar-refractivity contribution in [3.63, 3.8) is 0 Å². The van der Waals surface area contributed by atoms with Gasteiger partial charge in [-0.2, -0.15) is 0 Å². The molecule has 0 aromatic carbocycles. The van der Waals surface area contributed by atoms with E-state index in [4.69, 9.17) is 0 Å². The molecule has 1 saturated heterocycles. The van der Waals surface area contributed by atoms with Crippen LogP contribution >= 0.6 is 0 Å². The second-order valence-electron chi connectivity index (χ2n) is 7.46. The maximum Gasteiger partial charge on any atom is 0.233 e. The number of carbonyl (C=O) groups is 3. The summed E-state index contributed by atoms with van der Waals surface area (Å²) in [7, 11) is 0. The molecule has 1 aliphatic heterocycles. The van der Waals surface area contributed by atoms with E-state index in [1.165, 1.54) is 4.90 Å². The van der Waals surface area contributed by atoms with Gasteiger partial charge in [0.25, 0.3) is 0 Å². The molecule has 2 amide bonds. The van der Waals surface area contributed by atoms with Crippen molar-refractivity contribution in [1.82, 2.24) is 4.90 Å². The lowest BCUT2D eigenvalue weighted by Gasteiger charge is -2.30. The molecule has 0 bridgehead atoms. The maximum atomic E-state index is 12.6. The normalized spacial score (nSPS) is 29.9. The fourth-order valence-electron chi connectivity index (χ4n) is 4.22. The average molecular weight is 321 g/mol. The van der Waals surface area contributed by atoms with Crippen molar-refractivity contribution in [3.05, 3.63) is 0 Å². The Morgan fingerprint density at radius 3 is 2.39 bits per heavy atom. The van der Waals surface area contributed by atoms with Gasteiger partial charge in [-0.3, -0.25) is 19.3 Å². The molecule has 1 aliphatic carbocycles. The molecule has 2 aliphatic rings. The Balaban J connectivity index is 1.87. The molecule has 2 rings (SSSR count). The molecule has 0 N–H and O–H groups in total. The standard InChI is InChI=1S/C19H31NO3/c1-4-6-13(3)16-11-18(22)20(19(16)23)12-14-7-9-15(10-8-14)17(21)5-2/h13-16H,4-12H2,1-3H3. The molecule has 0 aromatic heterocycles. The van der Waals surface area contributed by atoms with Crippen molar-refractivity contribution < 1.29 is 14.4 Å². The Morgan fingerprint density at radius 1 is 1.17 bits per heavy atom. The second kappa shape index (κ2) is 8.07. The van der Waals surface area contributed by atoms with E-state index in [-0.39, 0.29) is 23.7 Å². The summed E-state index contributed by atoms with van der Waals surface area (Å²) in [6, 6.07) is 0. The monoisotopic (exact) mass is 321 g/mol. The van der Waals surface area contributed by atoms with Crippen molar-refractivity contribution >= 4 is 17.6 Å². The first kappa shape index (κ1) is 18.2. The molecule has 4 heteroatoms. The van der Waals surface area contributed by atoms with Crippen LogP contribution in [0.15, 0.2) is 0 Å². The van der Waals surface area contributed by atoms with Crippen LogP contribution < -0.4 is 0 Å². The molecule has 0 aromatic rings. The SMILES string of the molecule is CCCC(C)C1CC(=O)N(CC2CCC(C(=O)CC)CC2)C1=O. The third kappa shape index (κ3) is 4.21.